The number of carbonyl (C=O) groups excluding carboxylic acids is 1. The molecule has 1 aromatic rings. The van der Waals surface area contributed by atoms with Crippen LogP contribution < -0.4 is 0 Å². The maximum absolute atomic E-state index is 14.3. The molecule has 0 unspecified atom stereocenters. The van der Waals surface area contributed by atoms with Crippen LogP contribution in [0.2, 0.25) is 0 Å². The number of halogens is 1. The highest BCUT2D eigenvalue weighted by molar-refractivity contribution is 5.90. The van der Waals surface area contributed by atoms with Crippen molar-refractivity contribution in [3.05, 3.63) is 41.4 Å². The zero-order valence-corrected chi connectivity index (χ0v) is 11.0. The van der Waals surface area contributed by atoms with Crippen molar-refractivity contribution in [1.82, 2.24) is 0 Å². The van der Waals surface area contributed by atoms with Gasteiger partial charge < -0.3 is 14.2 Å². The first kappa shape index (κ1) is 13.4. The Labute approximate surface area is 110 Å². The summed E-state index contributed by atoms with van der Waals surface area (Å²) in [6.45, 7) is 5.28. The standard InChI is InChI=1S/C14H15FO4/c1-4-17-13(16)10-7-5-6-9(12(10)15)11-8-18-14(2,3)19-11/h5-8H,4H2,1-3H3. The van der Waals surface area contributed by atoms with Crippen molar-refractivity contribution >= 4 is 11.7 Å². The monoisotopic (exact) mass is 266 g/mol. The van der Waals surface area contributed by atoms with Crippen LogP contribution in [-0.4, -0.2) is 18.4 Å². The average molecular weight is 266 g/mol. The summed E-state index contributed by atoms with van der Waals surface area (Å²) in [5.74, 6) is -1.94. The molecule has 0 amide bonds. The van der Waals surface area contributed by atoms with E-state index in [9.17, 15) is 9.18 Å². The van der Waals surface area contributed by atoms with E-state index < -0.39 is 17.6 Å². The zero-order valence-electron chi connectivity index (χ0n) is 11.0. The van der Waals surface area contributed by atoms with Crippen LogP contribution >= 0.6 is 0 Å². The van der Waals surface area contributed by atoms with Gasteiger partial charge in [0.05, 0.1) is 17.7 Å². The highest BCUT2D eigenvalue weighted by Crippen LogP contribution is 2.33. The Balaban J connectivity index is 2.34. The molecule has 0 spiro atoms. The average Bonchev–Trinajstić information content (AvgIpc) is 2.70. The van der Waals surface area contributed by atoms with Gasteiger partial charge in [0.2, 0.25) is 5.79 Å². The molecular weight excluding hydrogens is 251 g/mol. The van der Waals surface area contributed by atoms with E-state index in [-0.39, 0.29) is 23.5 Å². The lowest BCUT2D eigenvalue weighted by Crippen LogP contribution is -2.20. The predicted octanol–water partition coefficient (Wildman–Crippen LogP) is 3.08. The molecule has 0 saturated heterocycles. The van der Waals surface area contributed by atoms with Crippen molar-refractivity contribution in [1.29, 1.82) is 0 Å². The van der Waals surface area contributed by atoms with Gasteiger partial charge in [0, 0.05) is 13.8 Å². The van der Waals surface area contributed by atoms with Crippen molar-refractivity contribution in [2.24, 2.45) is 0 Å². The van der Waals surface area contributed by atoms with E-state index in [1.165, 1.54) is 18.4 Å². The molecule has 0 fully saturated rings. The van der Waals surface area contributed by atoms with Gasteiger partial charge in [-0.2, -0.15) is 0 Å². The molecule has 1 heterocycles. The van der Waals surface area contributed by atoms with Gasteiger partial charge in [-0.3, -0.25) is 0 Å². The minimum Gasteiger partial charge on any atom is -0.462 e. The Bertz CT molecular complexity index is 534. The third-order valence-corrected chi connectivity index (χ3v) is 2.57. The molecule has 19 heavy (non-hydrogen) atoms. The van der Waals surface area contributed by atoms with Crippen molar-refractivity contribution in [2.45, 2.75) is 26.6 Å². The van der Waals surface area contributed by atoms with E-state index in [0.717, 1.165) is 0 Å². The minimum atomic E-state index is -0.832. The molecule has 2 rings (SSSR count). The molecule has 1 aliphatic heterocycles. The summed E-state index contributed by atoms with van der Waals surface area (Å²) in [7, 11) is 0. The molecule has 0 N–H and O–H groups in total. The van der Waals surface area contributed by atoms with Crippen LogP contribution in [-0.2, 0) is 14.2 Å². The molecule has 4 nitrogen and oxygen atoms in total. The Morgan fingerprint density at radius 3 is 2.74 bits per heavy atom. The van der Waals surface area contributed by atoms with Gasteiger partial charge in [-0.15, -0.1) is 0 Å². The number of benzene rings is 1. The van der Waals surface area contributed by atoms with Crippen molar-refractivity contribution in [2.75, 3.05) is 6.61 Å². The van der Waals surface area contributed by atoms with Crippen molar-refractivity contribution < 1.29 is 23.4 Å². The van der Waals surface area contributed by atoms with Gasteiger partial charge in [-0.05, 0) is 19.1 Å². The molecule has 1 aliphatic rings. The minimum absolute atomic E-state index is 0.117. The number of hydrogen-bond acceptors (Lipinski definition) is 4. The SMILES string of the molecule is CCOC(=O)c1cccc(C2=COC(C)(C)O2)c1F. The van der Waals surface area contributed by atoms with Crippen LogP contribution in [0.25, 0.3) is 5.76 Å². The van der Waals surface area contributed by atoms with Crippen LogP contribution in [0.5, 0.6) is 0 Å². The van der Waals surface area contributed by atoms with Gasteiger partial charge in [0.15, 0.2) is 5.76 Å². The van der Waals surface area contributed by atoms with Gasteiger partial charge in [-0.25, -0.2) is 9.18 Å². The fraction of sp³-hybridized carbons (Fsp3) is 0.357. The number of ether oxygens (including phenoxy) is 3. The van der Waals surface area contributed by atoms with E-state index in [2.05, 4.69) is 0 Å². The topological polar surface area (TPSA) is 44.8 Å². The second kappa shape index (κ2) is 4.91. The number of rotatable bonds is 3. The Kier molecular flexibility index (Phi) is 3.46. The first-order valence-corrected chi connectivity index (χ1v) is 5.97. The molecule has 0 saturated carbocycles. The van der Waals surface area contributed by atoms with Crippen LogP contribution in [0, 0.1) is 5.82 Å². The van der Waals surface area contributed by atoms with E-state index in [1.807, 2.05) is 0 Å². The van der Waals surface area contributed by atoms with E-state index >= 15 is 0 Å². The van der Waals surface area contributed by atoms with Crippen LogP contribution in [0.1, 0.15) is 36.7 Å². The molecule has 5 heteroatoms. The molecule has 0 radical (unpaired) electrons. The summed E-state index contributed by atoms with van der Waals surface area (Å²) >= 11 is 0. The van der Waals surface area contributed by atoms with Gasteiger partial charge >= 0.3 is 5.97 Å². The second-order valence-electron chi connectivity index (χ2n) is 4.49. The molecule has 0 bridgehead atoms. The maximum Gasteiger partial charge on any atom is 0.341 e. The lowest BCUT2D eigenvalue weighted by molar-refractivity contribution is -0.102. The Morgan fingerprint density at radius 2 is 2.16 bits per heavy atom. The maximum atomic E-state index is 14.3. The molecule has 0 aromatic heterocycles. The zero-order chi connectivity index (χ0) is 14.0. The number of carbonyl (C=O) groups is 1. The smallest absolute Gasteiger partial charge is 0.341 e. The van der Waals surface area contributed by atoms with Crippen molar-refractivity contribution in [3.63, 3.8) is 0 Å². The quantitative estimate of drug-likeness (QED) is 0.789. The highest BCUT2D eigenvalue weighted by Gasteiger charge is 2.30. The Morgan fingerprint density at radius 1 is 1.42 bits per heavy atom. The third kappa shape index (κ3) is 2.70. The van der Waals surface area contributed by atoms with Crippen LogP contribution in [0.15, 0.2) is 24.5 Å². The number of hydrogen-bond donors (Lipinski definition) is 0. The first-order chi connectivity index (χ1) is 8.94. The summed E-state index contributed by atoms with van der Waals surface area (Å²) in [5, 5.41) is 0. The van der Waals surface area contributed by atoms with Gasteiger partial charge in [-0.1, -0.05) is 6.07 Å². The van der Waals surface area contributed by atoms with E-state index in [4.69, 9.17) is 14.2 Å². The first-order valence-electron chi connectivity index (χ1n) is 5.97. The van der Waals surface area contributed by atoms with Gasteiger partial charge in [0.1, 0.15) is 12.1 Å². The van der Waals surface area contributed by atoms with E-state index in [0.29, 0.717) is 0 Å². The van der Waals surface area contributed by atoms with Crippen LogP contribution in [0.3, 0.4) is 0 Å². The summed E-state index contributed by atoms with van der Waals surface area (Å²) in [6.07, 6.45) is 1.34. The Hall–Kier alpha value is -2.04. The summed E-state index contributed by atoms with van der Waals surface area (Å²) in [5.41, 5.74) is 0.0599. The largest absolute Gasteiger partial charge is 0.462 e. The normalized spacial score (nSPS) is 16.3. The fourth-order valence-corrected chi connectivity index (χ4v) is 1.72. The number of esters is 1. The third-order valence-electron chi connectivity index (χ3n) is 2.57. The molecule has 0 atom stereocenters. The van der Waals surface area contributed by atoms with Crippen molar-refractivity contribution in [3.8, 4) is 0 Å². The van der Waals surface area contributed by atoms with Gasteiger partial charge in [0.25, 0.3) is 0 Å². The van der Waals surface area contributed by atoms with E-state index in [1.54, 1.807) is 26.8 Å². The second-order valence-corrected chi connectivity index (χ2v) is 4.49. The molecule has 102 valence electrons. The predicted molar refractivity (Wildman–Crippen MR) is 66.6 cm³/mol. The molecular formula is C14H15FO4. The fourth-order valence-electron chi connectivity index (χ4n) is 1.72. The molecule has 0 aliphatic carbocycles. The molecule has 1 aromatic carbocycles. The summed E-state index contributed by atoms with van der Waals surface area (Å²) in [6, 6.07) is 4.47. The van der Waals surface area contributed by atoms with Crippen LogP contribution in [0.4, 0.5) is 4.39 Å². The summed E-state index contributed by atoms with van der Waals surface area (Å²) < 4.78 is 29.8. The summed E-state index contributed by atoms with van der Waals surface area (Å²) in [4.78, 5) is 11.6. The highest BCUT2D eigenvalue weighted by atomic mass is 19.1. The lowest BCUT2D eigenvalue weighted by atomic mass is 10.1. The lowest BCUT2D eigenvalue weighted by Gasteiger charge is -2.18.